The van der Waals surface area contributed by atoms with E-state index in [-0.39, 0.29) is 0 Å². The van der Waals surface area contributed by atoms with Crippen molar-refractivity contribution in [3.8, 4) is 0 Å². The first-order valence-electron chi connectivity index (χ1n) is 4.81. The Morgan fingerprint density at radius 3 is 2.09 bits per heavy atom. The zero-order valence-electron chi connectivity index (χ0n) is 8.14. The van der Waals surface area contributed by atoms with Gasteiger partial charge < -0.3 is 10.6 Å². The molecule has 1 fully saturated rings. The van der Waals surface area contributed by atoms with Crippen LogP contribution in [0, 0.1) is 0 Å². The summed E-state index contributed by atoms with van der Waals surface area (Å²) in [5.74, 6) is 0. The molecular weight excluding hydrogens is 136 g/mol. The van der Waals surface area contributed by atoms with Gasteiger partial charge in [0.25, 0.3) is 0 Å². The van der Waals surface area contributed by atoms with Gasteiger partial charge in [-0.05, 0) is 32.5 Å². The van der Waals surface area contributed by atoms with Gasteiger partial charge in [-0.25, -0.2) is 0 Å². The number of nitrogens with zero attached hydrogens (tertiary/aromatic N) is 1. The van der Waals surface area contributed by atoms with E-state index >= 15 is 0 Å². The first kappa shape index (κ1) is 10.9. The maximum atomic E-state index is 5.72. The van der Waals surface area contributed by atoms with E-state index in [1.54, 1.807) is 0 Å². The topological polar surface area (TPSA) is 29.3 Å². The van der Waals surface area contributed by atoms with E-state index in [0.717, 1.165) is 0 Å². The van der Waals surface area contributed by atoms with E-state index in [1.807, 2.05) is 13.8 Å². The molecule has 68 valence electrons. The van der Waals surface area contributed by atoms with Crippen LogP contribution in [0.25, 0.3) is 0 Å². The van der Waals surface area contributed by atoms with Crippen LogP contribution in [0.3, 0.4) is 0 Å². The second-order valence-electron chi connectivity index (χ2n) is 2.77. The highest BCUT2D eigenvalue weighted by molar-refractivity contribution is 4.72. The first-order chi connectivity index (χ1) is 5.33. The van der Waals surface area contributed by atoms with E-state index < -0.39 is 0 Å². The zero-order chi connectivity index (χ0) is 8.69. The van der Waals surface area contributed by atoms with Crippen molar-refractivity contribution >= 4 is 0 Å². The minimum atomic E-state index is 0.479. The lowest BCUT2D eigenvalue weighted by molar-refractivity contribution is 0.223. The summed E-state index contributed by atoms with van der Waals surface area (Å²) in [7, 11) is 0. The molecule has 1 rings (SSSR count). The SMILES string of the molecule is CC.CCN1CCC(N)CC1. The van der Waals surface area contributed by atoms with Crippen molar-refractivity contribution in [2.24, 2.45) is 5.73 Å². The fourth-order valence-corrected chi connectivity index (χ4v) is 1.27. The van der Waals surface area contributed by atoms with Gasteiger partial charge in [0.1, 0.15) is 0 Å². The molecule has 0 unspecified atom stereocenters. The molecule has 0 aromatic rings. The van der Waals surface area contributed by atoms with Gasteiger partial charge in [-0.2, -0.15) is 0 Å². The average Bonchev–Trinajstić information content (AvgIpc) is 2.10. The monoisotopic (exact) mass is 158 g/mol. The highest BCUT2D eigenvalue weighted by Gasteiger charge is 2.13. The molecule has 1 aliphatic heterocycles. The van der Waals surface area contributed by atoms with Crippen LogP contribution in [0.5, 0.6) is 0 Å². The van der Waals surface area contributed by atoms with Crippen molar-refractivity contribution in [1.82, 2.24) is 4.90 Å². The van der Waals surface area contributed by atoms with E-state index in [9.17, 15) is 0 Å². The summed E-state index contributed by atoms with van der Waals surface area (Å²) in [5.41, 5.74) is 5.72. The fourth-order valence-electron chi connectivity index (χ4n) is 1.27. The predicted molar refractivity (Wildman–Crippen MR) is 50.7 cm³/mol. The second kappa shape index (κ2) is 6.62. The summed E-state index contributed by atoms with van der Waals surface area (Å²) >= 11 is 0. The van der Waals surface area contributed by atoms with Crippen LogP contribution >= 0.6 is 0 Å². The minimum Gasteiger partial charge on any atom is -0.328 e. The maximum absolute atomic E-state index is 5.72. The van der Waals surface area contributed by atoms with E-state index in [4.69, 9.17) is 5.73 Å². The molecule has 0 aromatic carbocycles. The Kier molecular flexibility index (Phi) is 6.57. The molecule has 0 atom stereocenters. The lowest BCUT2D eigenvalue weighted by Gasteiger charge is -2.28. The van der Waals surface area contributed by atoms with Gasteiger partial charge >= 0.3 is 0 Å². The molecule has 2 N–H and O–H groups in total. The zero-order valence-corrected chi connectivity index (χ0v) is 8.14. The molecule has 0 amide bonds. The molecule has 0 radical (unpaired) electrons. The number of rotatable bonds is 1. The largest absolute Gasteiger partial charge is 0.328 e. The van der Waals surface area contributed by atoms with Gasteiger partial charge in [0.2, 0.25) is 0 Å². The highest BCUT2D eigenvalue weighted by atomic mass is 15.1. The van der Waals surface area contributed by atoms with Crippen LogP contribution in [0.2, 0.25) is 0 Å². The summed E-state index contributed by atoms with van der Waals surface area (Å²) in [6.45, 7) is 9.80. The Bertz CT molecular complexity index is 75.6. The van der Waals surface area contributed by atoms with Crippen molar-refractivity contribution in [3.05, 3.63) is 0 Å². The Hall–Kier alpha value is -0.0800. The Labute approximate surface area is 70.8 Å². The van der Waals surface area contributed by atoms with Gasteiger partial charge in [-0.1, -0.05) is 20.8 Å². The van der Waals surface area contributed by atoms with Crippen LogP contribution in [0.15, 0.2) is 0 Å². The molecule has 0 bridgehead atoms. The van der Waals surface area contributed by atoms with Crippen molar-refractivity contribution in [1.29, 1.82) is 0 Å². The normalized spacial score (nSPS) is 20.7. The third kappa shape index (κ3) is 4.38. The van der Waals surface area contributed by atoms with Crippen LogP contribution in [0.1, 0.15) is 33.6 Å². The summed E-state index contributed by atoms with van der Waals surface area (Å²) in [4.78, 5) is 2.45. The molecule has 1 heterocycles. The van der Waals surface area contributed by atoms with Crippen molar-refractivity contribution < 1.29 is 0 Å². The third-order valence-corrected chi connectivity index (χ3v) is 2.08. The molecule has 0 saturated carbocycles. The molecule has 0 aliphatic carbocycles. The predicted octanol–water partition coefficient (Wildman–Crippen LogP) is 1.46. The highest BCUT2D eigenvalue weighted by Crippen LogP contribution is 2.06. The number of likely N-dealkylation sites (tertiary alicyclic amines) is 1. The Morgan fingerprint density at radius 2 is 1.73 bits per heavy atom. The maximum Gasteiger partial charge on any atom is 0.00631 e. The van der Waals surface area contributed by atoms with Gasteiger partial charge in [0.15, 0.2) is 0 Å². The van der Waals surface area contributed by atoms with Gasteiger partial charge in [0, 0.05) is 6.04 Å². The van der Waals surface area contributed by atoms with Crippen molar-refractivity contribution in [3.63, 3.8) is 0 Å². The molecule has 0 spiro atoms. The molecule has 2 heteroatoms. The molecule has 0 aromatic heterocycles. The van der Waals surface area contributed by atoms with E-state index in [1.165, 1.54) is 32.5 Å². The fraction of sp³-hybridized carbons (Fsp3) is 1.00. The van der Waals surface area contributed by atoms with Crippen LogP contribution in [0.4, 0.5) is 0 Å². The Morgan fingerprint density at radius 1 is 1.27 bits per heavy atom. The molecule has 11 heavy (non-hydrogen) atoms. The standard InChI is InChI=1S/C7H16N2.C2H6/c1-2-9-5-3-7(8)4-6-9;1-2/h7H,2-6,8H2,1H3;1-2H3. The van der Waals surface area contributed by atoms with E-state index in [0.29, 0.717) is 6.04 Å². The summed E-state index contributed by atoms with van der Waals surface area (Å²) in [6, 6.07) is 0.479. The van der Waals surface area contributed by atoms with Crippen LogP contribution < -0.4 is 5.73 Å². The number of nitrogens with two attached hydrogens (primary N) is 1. The third-order valence-electron chi connectivity index (χ3n) is 2.08. The first-order valence-corrected chi connectivity index (χ1v) is 4.81. The molecular formula is C9H22N2. The lowest BCUT2D eigenvalue weighted by Crippen LogP contribution is -2.39. The Balaban J connectivity index is 0.000000461. The molecule has 1 aliphatic rings. The lowest BCUT2D eigenvalue weighted by atomic mass is 10.1. The smallest absolute Gasteiger partial charge is 0.00631 e. The van der Waals surface area contributed by atoms with Crippen molar-refractivity contribution in [2.75, 3.05) is 19.6 Å². The van der Waals surface area contributed by atoms with Crippen LogP contribution in [-0.2, 0) is 0 Å². The average molecular weight is 158 g/mol. The molecule has 2 nitrogen and oxygen atoms in total. The number of piperidine rings is 1. The molecule has 1 saturated heterocycles. The number of hydrogen-bond acceptors (Lipinski definition) is 2. The van der Waals surface area contributed by atoms with Crippen LogP contribution in [-0.4, -0.2) is 30.6 Å². The van der Waals surface area contributed by atoms with E-state index in [2.05, 4.69) is 11.8 Å². The number of hydrogen-bond donors (Lipinski definition) is 1. The summed E-state index contributed by atoms with van der Waals surface area (Å²) in [6.07, 6.45) is 2.38. The quantitative estimate of drug-likeness (QED) is 0.626. The van der Waals surface area contributed by atoms with Gasteiger partial charge in [0.05, 0.1) is 0 Å². The summed E-state index contributed by atoms with van der Waals surface area (Å²) in [5, 5.41) is 0. The van der Waals surface area contributed by atoms with Gasteiger partial charge in [-0.3, -0.25) is 0 Å². The second-order valence-corrected chi connectivity index (χ2v) is 2.77. The van der Waals surface area contributed by atoms with Crippen molar-refractivity contribution in [2.45, 2.75) is 39.7 Å². The van der Waals surface area contributed by atoms with Gasteiger partial charge in [-0.15, -0.1) is 0 Å². The minimum absolute atomic E-state index is 0.479. The summed E-state index contributed by atoms with van der Waals surface area (Å²) < 4.78 is 0.